The van der Waals surface area contributed by atoms with E-state index in [2.05, 4.69) is 193 Å². The molecule has 0 saturated carbocycles. The minimum absolute atomic E-state index is 0.438. The van der Waals surface area contributed by atoms with Crippen molar-refractivity contribution < 1.29 is 0 Å². The van der Waals surface area contributed by atoms with Gasteiger partial charge in [-0.2, -0.15) is 0 Å². The van der Waals surface area contributed by atoms with Crippen molar-refractivity contribution in [2.24, 2.45) is 0 Å². The summed E-state index contributed by atoms with van der Waals surface area (Å²) in [7, 11) is 0. The Bertz CT molecular complexity index is 2830. The van der Waals surface area contributed by atoms with Crippen LogP contribution >= 0.6 is 0 Å². The third kappa shape index (κ3) is 3.11. The molecule has 3 aliphatic carbocycles. The molecule has 0 saturated heterocycles. The predicted molar refractivity (Wildman–Crippen MR) is 209 cm³/mol. The molecule has 0 amide bonds. The van der Waals surface area contributed by atoms with E-state index in [1.54, 1.807) is 0 Å². The standard InChI is InChI=1S/C50H31N/c1-2-16-32(17-3-1)51-47-29-15-7-21-36(47)38-30-37-35-20-6-10-24-41(35)50(46(37)31-48(38)51)44-27-13-11-25-42(44)49(43-26-12-14-28-45(43)50)39-22-8-4-18-33(39)34-19-5-9-23-40(34)49/h1-31H. The molecule has 0 bridgehead atoms. The lowest BCUT2D eigenvalue weighted by molar-refractivity contribution is 0.633. The Labute approximate surface area is 296 Å². The lowest BCUT2D eigenvalue weighted by Gasteiger charge is -2.48. The van der Waals surface area contributed by atoms with Gasteiger partial charge in [0.25, 0.3) is 0 Å². The Morgan fingerprint density at radius 3 is 1.24 bits per heavy atom. The average molecular weight is 646 g/mol. The molecule has 3 aliphatic rings. The van der Waals surface area contributed by atoms with Crippen molar-refractivity contribution in [3.8, 4) is 27.9 Å². The van der Waals surface area contributed by atoms with Crippen molar-refractivity contribution in [3.05, 3.63) is 233 Å². The molecule has 12 rings (SSSR count). The largest absolute Gasteiger partial charge is 0.309 e. The van der Waals surface area contributed by atoms with Crippen molar-refractivity contribution in [2.75, 3.05) is 0 Å². The van der Waals surface area contributed by atoms with Crippen molar-refractivity contribution in [1.29, 1.82) is 0 Å². The summed E-state index contributed by atoms with van der Waals surface area (Å²) in [6.07, 6.45) is 0. The number of fused-ring (bicyclic) bond motifs is 19. The van der Waals surface area contributed by atoms with Gasteiger partial charge in [-0.3, -0.25) is 0 Å². The first kappa shape index (κ1) is 27.4. The van der Waals surface area contributed by atoms with E-state index in [4.69, 9.17) is 0 Å². The fourth-order valence-electron chi connectivity index (χ4n) is 10.6. The third-order valence-electron chi connectivity index (χ3n) is 12.3. The van der Waals surface area contributed by atoms with Crippen molar-refractivity contribution in [3.63, 3.8) is 0 Å². The van der Waals surface area contributed by atoms with Gasteiger partial charge in [-0.15, -0.1) is 0 Å². The van der Waals surface area contributed by atoms with Crippen molar-refractivity contribution in [2.45, 2.75) is 10.8 Å². The highest BCUT2D eigenvalue weighted by molar-refractivity contribution is 6.12. The molecule has 51 heavy (non-hydrogen) atoms. The van der Waals surface area contributed by atoms with E-state index in [0.717, 1.165) is 0 Å². The van der Waals surface area contributed by atoms with Gasteiger partial charge < -0.3 is 4.57 Å². The maximum atomic E-state index is 2.54. The maximum absolute atomic E-state index is 2.54. The molecule has 1 aromatic heterocycles. The highest BCUT2D eigenvalue weighted by Gasteiger charge is 2.58. The van der Waals surface area contributed by atoms with Crippen LogP contribution in [-0.2, 0) is 10.8 Å². The van der Waals surface area contributed by atoms with Gasteiger partial charge in [0.05, 0.1) is 21.9 Å². The number of hydrogen-bond acceptors (Lipinski definition) is 0. The topological polar surface area (TPSA) is 4.93 Å². The Balaban J connectivity index is 1.28. The van der Waals surface area contributed by atoms with Crippen molar-refractivity contribution in [1.82, 2.24) is 4.57 Å². The summed E-state index contributed by atoms with van der Waals surface area (Å²) in [4.78, 5) is 0. The normalized spacial score (nSPS) is 15.0. The Morgan fingerprint density at radius 1 is 0.275 bits per heavy atom. The molecule has 0 N–H and O–H groups in total. The molecule has 0 unspecified atom stereocenters. The second-order valence-corrected chi connectivity index (χ2v) is 14.3. The van der Waals surface area contributed by atoms with Crippen LogP contribution in [0.25, 0.3) is 49.7 Å². The maximum Gasteiger partial charge on any atom is 0.0720 e. The van der Waals surface area contributed by atoms with Crippen LogP contribution in [0.15, 0.2) is 188 Å². The lowest BCUT2D eigenvalue weighted by atomic mass is 9.52. The highest BCUT2D eigenvalue weighted by atomic mass is 15.0. The molecule has 0 aliphatic heterocycles. The van der Waals surface area contributed by atoms with E-state index < -0.39 is 10.8 Å². The van der Waals surface area contributed by atoms with Gasteiger partial charge in [-0.1, -0.05) is 158 Å². The Morgan fingerprint density at radius 2 is 0.686 bits per heavy atom. The molecule has 0 radical (unpaired) electrons. The van der Waals surface area contributed by atoms with Crippen LogP contribution in [0.1, 0.15) is 44.5 Å². The van der Waals surface area contributed by atoms with Crippen LogP contribution in [0.5, 0.6) is 0 Å². The van der Waals surface area contributed by atoms with Gasteiger partial charge in [0.15, 0.2) is 0 Å². The van der Waals surface area contributed by atoms with Crippen LogP contribution in [-0.4, -0.2) is 4.57 Å². The van der Waals surface area contributed by atoms with E-state index >= 15 is 0 Å². The zero-order valence-corrected chi connectivity index (χ0v) is 27.8. The second kappa shape index (κ2) is 9.62. The molecule has 1 nitrogen and oxygen atoms in total. The van der Waals surface area contributed by atoms with Crippen LogP contribution in [0, 0.1) is 0 Å². The molecular weight excluding hydrogens is 615 g/mol. The molecule has 8 aromatic carbocycles. The van der Waals surface area contributed by atoms with E-state index in [1.165, 1.54) is 94.3 Å². The van der Waals surface area contributed by atoms with E-state index in [1.807, 2.05) is 0 Å². The van der Waals surface area contributed by atoms with E-state index in [-0.39, 0.29) is 0 Å². The number of aromatic nitrogens is 1. The molecule has 1 heterocycles. The lowest BCUT2D eigenvalue weighted by Crippen LogP contribution is -2.43. The summed E-state index contributed by atoms with van der Waals surface area (Å²) in [5, 5.41) is 2.56. The number of para-hydroxylation sites is 2. The number of benzene rings is 8. The molecule has 0 fully saturated rings. The minimum Gasteiger partial charge on any atom is -0.309 e. The Hall–Kier alpha value is -6.44. The average Bonchev–Trinajstić information content (AvgIpc) is 3.79. The van der Waals surface area contributed by atoms with Gasteiger partial charge in [-0.05, 0) is 97.1 Å². The van der Waals surface area contributed by atoms with Crippen LogP contribution < -0.4 is 0 Å². The van der Waals surface area contributed by atoms with Gasteiger partial charge in [0, 0.05) is 16.5 Å². The molecular formula is C50H31N. The van der Waals surface area contributed by atoms with Crippen LogP contribution in [0.2, 0.25) is 0 Å². The van der Waals surface area contributed by atoms with Gasteiger partial charge in [0.1, 0.15) is 0 Å². The fourth-order valence-corrected chi connectivity index (χ4v) is 10.6. The minimum atomic E-state index is -0.511. The summed E-state index contributed by atoms with van der Waals surface area (Å²) >= 11 is 0. The number of rotatable bonds is 1. The van der Waals surface area contributed by atoms with Crippen LogP contribution in [0.3, 0.4) is 0 Å². The molecule has 0 atom stereocenters. The molecule has 1 heteroatoms. The predicted octanol–water partition coefficient (Wildman–Crippen LogP) is 11.8. The number of hydrogen-bond donors (Lipinski definition) is 0. The first-order valence-electron chi connectivity index (χ1n) is 18.0. The van der Waals surface area contributed by atoms with Crippen LogP contribution in [0.4, 0.5) is 0 Å². The molecule has 9 aromatic rings. The van der Waals surface area contributed by atoms with E-state index in [9.17, 15) is 0 Å². The summed E-state index contributed by atoms with van der Waals surface area (Å²) < 4.78 is 2.47. The number of nitrogens with zero attached hydrogens (tertiary/aromatic N) is 1. The third-order valence-corrected chi connectivity index (χ3v) is 12.3. The van der Waals surface area contributed by atoms with Gasteiger partial charge in [0.2, 0.25) is 0 Å². The van der Waals surface area contributed by atoms with Gasteiger partial charge >= 0.3 is 0 Å². The quantitative estimate of drug-likeness (QED) is 0.167. The molecule has 2 spiro atoms. The second-order valence-electron chi connectivity index (χ2n) is 14.3. The first-order valence-corrected chi connectivity index (χ1v) is 18.0. The summed E-state index contributed by atoms with van der Waals surface area (Å²) in [5.41, 5.74) is 18.9. The van der Waals surface area contributed by atoms with Gasteiger partial charge in [-0.25, -0.2) is 0 Å². The van der Waals surface area contributed by atoms with Crippen molar-refractivity contribution >= 4 is 21.8 Å². The summed E-state index contributed by atoms with van der Waals surface area (Å²) in [6, 6.07) is 70.9. The first-order chi connectivity index (χ1) is 25.3. The Kier molecular flexibility index (Phi) is 5.17. The fraction of sp³-hybridized carbons (Fsp3) is 0.0400. The summed E-state index contributed by atoms with van der Waals surface area (Å²) in [5.74, 6) is 0. The zero-order valence-electron chi connectivity index (χ0n) is 27.8. The monoisotopic (exact) mass is 645 g/mol. The molecule has 236 valence electrons. The SMILES string of the molecule is c1ccc(-n2c3ccccc3c3cc4c(cc32)C2(c3ccccc3-4)c3ccccc3C3(c4ccccc4-c4ccccc43)c3ccccc32)cc1. The zero-order chi connectivity index (χ0) is 33.3. The smallest absolute Gasteiger partial charge is 0.0720 e. The summed E-state index contributed by atoms with van der Waals surface area (Å²) in [6.45, 7) is 0. The highest BCUT2D eigenvalue weighted by Crippen LogP contribution is 2.67. The van der Waals surface area contributed by atoms with E-state index in [0.29, 0.717) is 0 Å².